The van der Waals surface area contributed by atoms with Crippen LogP contribution in [0.4, 0.5) is 0 Å². The molecule has 0 saturated heterocycles. The van der Waals surface area contributed by atoms with E-state index in [0.29, 0.717) is 5.92 Å². The number of rotatable bonds is 1. The Bertz CT molecular complexity index is 530. The Morgan fingerprint density at radius 1 is 1.12 bits per heavy atom. The summed E-state index contributed by atoms with van der Waals surface area (Å²) in [7, 11) is 0. The molecule has 0 aliphatic carbocycles. The second-order valence-electron chi connectivity index (χ2n) is 6.13. The highest BCUT2D eigenvalue weighted by Crippen LogP contribution is 2.28. The molecule has 2 rings (SSSR count). The number of thioether (sulfide) groups is 1. The molecule has 0 amide bonds. The Morgan fingerprint density at radius 3 is 2.41 bits per heavy atom. The van der Waals surface area contributed by atoms with Crippen molar-refractivity contribution in [3.63, 3.8) is 0 Å². The molecular weight excluding hydrogens is 224 g/mol. The van der Waals surface area contributed by atoms with E-state index in [0.717, 1.165) is 5.75 Å². The molecule has 1 aliphatic heterocycles. The van der Waals surface area contributed by atoms with Gasteiger partial charge in [0.25, 0.3) is 0 Å². The molecule has 0 spiro atoms. The third kappa shape index (κ3) is 2.60. The molecule has 0 saturated carbocycles. The minimum Gasteiger partial charge on any atom is -0.129 e. The third-order valence-corrected chi connectivity index (χ3v) is 4.07. The van der Waals surface area contributed by atoms with E-state index in [4.69, 9.17) is 0 Å². The summed E-state index contributed by atoms with van der Waals surface area (Å²) in [6.07, 6.45) is 2.35. The van der Waals surface area contributed by atoms with Gasteiger partial charge in [0.05, 0.1) is 0 Å². The minimum atomic E-state index is 0.229. The van der Waals surface area contributed by atoms with E-state index in [2.05, 4.69) is 58.2 Å². The lowest BCUT2D eigenvalue weighted by atomic mass is 9.80. The highest BCUT2D eigenvalue weighted by atomic mass is 32.2. The second-order valence-corrected chi connectivity index (χ2v) is 7.03. The van der Waals surface area contributed by atoms with Crippen LogP contribution in [-0.4, -0.2) is 5.75 Å². The molecule has 0 nitrogen and oxygen atoms in total. The largest absolute Gasteiger partial charge is 0.129 e. The fraction of sp³-hybridized carbons (Fsp3) is 0.500. The van der Waals surface area contributed by atoms with Crippen molar-refractivity contribution in [1.82, 2.24) is 0 Å². The monoisotopic (exact) mass is 246 g/mol. The second kappa shape index (κ2) is 4.53. The first-order valence-corrected chi connectivity index (χ1v) is 7.41. The van der Waals surface area contributed by atoms with Crippen LogP contribution in [0.1, 0.15) is 51.7 Å². The van der Waals surface area contributed by atoms with E-state index in [-0.39, 0.29) is 5.41 Å². The van der Waals surface area contributed by atoms with Crippen LogP contribution in [0, 0.1) is 0 Å². The SMILES string of the molecule is CC(C)c1cc2c(cc1C(C)(C)C)=CCSC=2. The first kappa shape index (κ1) is 12.8. The van der Waals surface area contributed by atoms with E-state index in [9.17, 15) is 0 Å². The lowest BCUT2D eigenvalue weighted by Gasteiger charge is -2.25. The number of hydrogen-bond acceptors (Lipinski definition) is 1. The Kier molecular flexibility index (Phi) is 3.40. The van der Waals surface area contributed by atoms with Gasteiger partial charge >= 0.3 is 0 Å². The molecule has 0 fully saturated rings. The maximum atomic E-state index is 2.40. The van der Waals surface area contributed by atoms with Crippen LogP contribution < -0.4 is 10.4 Å². The predicted molar refractivity (Wildman–Crippen MR) is 79.9 cm³/mol. The van der Waals surface area contributed by atoms with Gasteiger partial charge in [-0.3, -0.25) is 0 Å². The van der Waals surface area contributed by atoms with Crippen molar-refractivity contribution in [2.75, 3.05) is 5.75 Å². The summed E-state index contributed by atoms with van der Waals surface area (Å²) >= 11 is 1.89. The van der Waals surface area contributed by atoms with Crippen LogP contribution in [0.3, 0.4) is 0 Å². The van der Waals surface area contributed by atoms with Crippen LogP contribution in [0.25, 0.3) is 11.5 Å². The molecule has 1 aromatic rings. The molecule has 0 radical (unpaired) electrons. The average molecular weight is 246 g/mol. The Labute approximate surface area is 109 Å². The summed E-state index contributed by atoms with van der Waals surface area (Å²) in [5.74, 6) is 1.70. The van der Waals surface area contributed by atoms with Crippen molar-refractivity contribution in [3.05, 3.63) is 33.7 Å². The molecule has 1 heterocycles. The van der Waals surface area contributed by atoms with Crippen molar-refractivity contribution in [3.8, 4) is 0 Å². The van der Waals surface area contributed by atoms with Gasteiger partial charge in [-0.15, -0.1) is 11.8 Å². The van der Waals surface area contributed by atoms with Crippen LogP contribution >= 0.6 is 11.8 Å². The summed E-state index contributed by atoms with van der Waals surface area (Å²) in [6.45, 7) is 11.5. The summed E-state index contributed by atoms with van der Waals surface area (Å²) in [4.78, 5) is 0. The molecule has 1 aromatic carbocycles. The normalized spacial score (nSPS) is 15.2. The Morgan fingerprint density at radius 2 is 1.82 bits per heavy atom. The van der Waals surface area contributed by atoms with Gasteiger partial charge < -0.3 is 0 Å². The first-order valence-electron chi connectivity index (χ1n) is 6.36. The first-order chi connectivity index (χ1) is 7.89. The van der Waals surface area contributed by atoms with Gasteiger partial charge in [-0.25, -0.2) is 0 Å². The van der Waals surface area contributed by atoms with Gasteiger partial charge in [-0.2, -0.15) is 0 Å². The number of fused-ring (bicyclic) bond motifs is 1. The van der Waals surface area contributed by atoms with Crippen LogP contribution in [-0.2, 0) is 5.41 Å². The summed E-state index contributed by atoms with van der Waals surface area (Å²) < 4.78 is 0. The predicted octanol–water partition coefficient (Wildman–Crippen LogP) is 3.37. The van der Waals surface area contributed by atoms with Crippen LogP contribution in [0.5, 0.6) is 0 Å². The fourth-order valence-corrected chi connectivity index (χ4v) is 3.09. The zero-order valence-corrected chi connectivity index (χ0v) is 12.3. The fourth-order valence-electron chi connectivity index (χ4n) is 2.33. The van der Waals surface area contributed by atoms with Gasteiger partial charge in [0.2, 0.25) is 0 Å². The molecule has 17 heavy (non-hydrogen) atoms. The standard InChI is InChI=1S/C16H22S/c1-11(2)14-8-13-10-17-7-6-12(13)9-15(14)16(3,4)5/h6,8-11H,7H2,1-5H3. The number of benzene rings is 1. The van der Waals surface area contributed by atoms with E-state index < -0.39 is 0 Å². The van der Waals surface area contributed by atoms with Gasteiger partial charge in [-0.05, 0) is 38.3 Å². The van der Waals surface area contributed by atoms with Crippen molar-refractivity contribution >= 4 is 23.2 Å². The maximum absolute atomic E-state index is 2.40. The Balaban J connectivity index is 2.75. The topological polar surface area (TPSA) is 0 Å². The van der Waals surface area contributed by atoms with Gasteiger partial charge in [0.1, 0.15) is 0 Å². The molecule has 0 bridgehead atoms. The van der Waals surface area contributed by atoms with E-state index in [1.165, 1.54) is 21.6 Å². The lowest BCUT2D eigenvalue weighted by molar-refractivity contribution is 0.576. The molecule has 0 aromatic heterocycles. The van der Waals surface area contributed by atoms with Gasteiger partial charge in [-0.1, -0.05) is 52.8 Å². The average Bonchev–Trinajstić information content (AvgIpc) is 2.26. The highest BCUT2D eigenvalue weighted by Gasteiger charge is 2.19. The lowest BCUT2D eigenvalue weighted by Crippen LogP contribution is -2.31. The minimum absolute atomic E-state index is 0.229. The van der Waals surface area contributed by atoms with E-state index in [1.807, 2.05) is 11.8 Å². The molecule has 92 valence electrons. The zero-order valence-electron chi connectivity index (χ0n) is 11.5. The maximum Gasteiger partial charge on any atom is 0.0164 e. The smallest absolute Gasteiger partial charge is 0.0164 e. The molecule has 0 N–H and O–H groups in total. The quantitative estimate of drug-likeness (QED) is 0.732. The molecule has 0 atom stereocenters. The van der Waals surface area contributed by atoms with Gasteiger partial charge in [0.15, 0.2) is 0 Å². The van der Waals surface area contributed by atoms with Gasteiger partial charge in [0, 0.05) is 5.75 Å². The van der Waals surface area contributed by atoms with E-state index in [1.54, 1.807) is 0 Å². The van der Waals surface area contributed by atoms with E-state index >= 15 is 0 Å². The molecule has 0 unspecified atom stereocenters. The zero-order chi connectivity index (χ0) is 12.6. The van der Waals surface area contributed by atoms with Crippen molar-refractivity contribution in [2.45, 2.75) is 46.0 Å². The highest BCUT2D eigenvalue weighted by molar-refractivity contribution is 8.06. The summed E-state index contributed by atoms with van der Waals surface area (Å²) in [5.41, 5.74) is 3.23. The summed E-state index contributed by atoms with van der Waals surface area (Å²) in [5, 5.41) is 5.12. The van der Waals surface area contributed by atoms with Crippen LogP contribution in [0.2, 0.25) is 0 Å². The summed E-state index contributed by atoms with van der Waals surface area (Å²) in [6, 6.07) is 4.80. The molecule has 1 aliphatic rings. The molecule has 1 heteroatoms. The van der Waals surface area contributed by atoms with Crippen molar-refractivity contribution < 1.29 is 0 Å². The number of hydrogen-bond donors (Lipinski definition) is 0. The molecular formula is C16H22S. The van der Waals surface area contributed by atoms with Crippen LogP contribution in [0.15, 0.2) is 12.1 Å². The van der Waals surface area contributed by atoms with Crippen molar-refractivity contribution in [1.29, 1.82) is 0 Å². The third-order valence-electron chi connectivity index (χ3n) is 3.29. The Hall–Kier alpha value is -0.690. The van der Waals surface area contributed by atoms with Crippen molar-refractivity contribution in [2.24, 2.45) is 0 Å².